The first-order valence-electron chi connectivity index (χ1n) is 6.16. The Morgan fingerprint density at radius 3 is 3.12 bits per heavy atom. The molecule has 0 aromatic carbocycles. The van der Waals surface area contributed by atoms with Gasteiger partial charge in [0.05, 0.1) is 18.4 Å². The van der Waals surface area contributed by atoms with Crippen molar-refractivity contribution in [2.75, 3.05) is 20.3 Å². The molecule has 1 heterocycles. The quantitative estimate of drug-likeness (QED) is 0.627. The lowest BCUT2D eigenvalue weighted by molar-refractivity contribution is 0.0594. The van der Waals surface area contributed by atoms with Crippen LogP contribution in [0.3, 0.4) is 0 Å². The van der Waals surface area contributed by atoms with Gasteiger partial charge in [-0.1, -0.05) is 6.92 Å². The minimum atomic E-state index is -0.381. The van der Waals surface area contributed by atoms with Gasteiger partial charge in [0.1, 0.15) is 0 Å². The Kier molecular flexibility index (Phi) is 6.84. The van der Waals surface area contributed by atoms with E-state index in [4.69, 9.17) is 4.74 Å². The molecule has 0 aliphatic carbocycles. The van der Waals surface area contributed by atoms with Gasteiger partial charge in [-0.2, -0.15) is 5.10 Å². The molecule has 5 nitrogen and oxygen atoms in total. The van der Waals surface area contributed by atoms with E-state index in [-0.39, 0.29) is 6.10 Å². The van der Waals surface area contributed by atoms with E-state index in [1.807, 2.05) is 16.9 Å². The highest BCUT2D eigenvalue weighted by molar-refractivity contribution is 4.99. The van der Waals surface area contributed by atoms with E-state index < -0.39 is 0 Å². The average molecular weight is 241 g/mol. The first kappa shape index (κ1) is 14.2. The van der Waals surface area contributed by atoms with E-state index in [1.54, 1.807) is 7.11 Å². The highest BCUT2D eigenvalue weighted by Crippen LogP contribution is 2.00. The average Bonchev–Trinajstić information content (AvgIpc) is 2.73. The van der Waals surface area contributed by atoms with Gasteiger partial charge in [-0.3, -0.25) is 4.68 Å². The van der Waals surface area contributed by atoms with Gasteiger partial charge >= 0.3 is 0 Å². The molecule has 0 saturated carbocycles. The lowest BCUT2D eigenvalue weighted by Crippen LogP contribution is -2.24. The summed E-state index contributed by atoms with van der Waals surface area (Å²) in [5.41, 5.74) is 1.19. The highest BCUT2D eigenvalue weighted by Gasteiger charge is 2.04. The lowest BCUT2D eigenvalue weighted by atomic mass is 10.2. The first-order valence-corrected chi connectivity index (χ1v) is 6.16. The van der Waals surface area contributed by atoms with Crippen molar-refractivity contribution in [3.05, 3.63) is 18.0 Å². The van der Waals surface area contributed by atoms with Gasteiger partial charge in [-0.15, -0.1) is 0 Å². The van der Waals surface area contributed by atoms with Gasteiger partial charge in [0.25, 0.3) is 0 Å². The van der Waals surface area contributed by atoms with Crippen molar-refractivity contribution in [2.45, 2.75) is 39.0 Å². The Balaban J connectivity index is 2.19. The third kappa shape index (κ3) is 5.30. The summed E-state index contributed by atoms with van der Waals surface area (Å²) < 4.78 is 6.88. The monoisotopic (exact) mass is 241 g/mol. The summed E-state index contributed by atoms with van der Waals surface area (Å²) in [4.78, 5) is 0. The molecule has 98 valence electrons. The zero-order valence-corrected chi connectivity index (χ0v) is 10.7. The van der Waals surface area contributed by atoms with Crippen molar-refractivity contribution in [3.8, 4) is 0 Å². The number of aromatic nitrogens is 2. The van der Waals surface area contributed by atoms with Crippen LogP contribution >= 0.6 is 0 Å². The van der Waals surface area contributed by atoms with Crippen molar-refractivity contribution in [1.29, 1.82) is 0 Å². The van der Waals surface area contributed by atoms with E-state index in [0.29, 0.717) is 13.0 Å². The molecule has 0 bridgehead atoms. The predicted molar refractivity (Wildman–Crippen MR) is 66.7 cm³/mol. The van der Waals surface area contributed by atoms with Gasteiger partial charge in [0.15, 0.2) is 0 Å². The molecular weight excluding hydrogens is 218 g/mol. The van der Waals surface area contributed by atoms with Crippen LogP contribution in [0.1, 0.15) is 25.5 Å². The second-order valence-corrected chi connectivity index (χ2v) is 4.12. The van der Waals surface area contributed by atoms with Crippen LogP contribution in [0.25, 0.3) is 0 Å². The van der Waals surface area contributed by atoms with Crippen molar-refractivity contribution in [2.24, 2.45) is 0 Å². The maximum atomic E-state index is 9.46. The summed E-state index contributed by atoms with van der Waals surface area (Å²) in [5, 5.41) is 17.0. The molecule has 1 aromatic rings. The summed E-state index contributed by atoms with van der Waals surface area (Å²) in [6.07, 6.45) is 3.23. The zero-order valence-electron chi connectivity index (χ0n) is 10.7. The fraction of sp³-hybridized carbons (Fsp3) is 0.750. The Morgan fingerprint density at radius 2 is 2.41 bits per heavy atom. The molecule has 0 saturated heterocycles. The highest BCUT2D eigenvalue weighted by atomic mass is 16.5. The number of nitrogens with one attached hydrogen (secondary N) is 1. The van der Waals surface area contributed by atoms with Crippen LogP contribution < -0.4 is 5.32 Å². The molecule has 5 heteroatoms. The SMILES string of the molecule is CCCn1nccc1CNCCC(O)COC. The van der Waals surface area contributed by atoms with Crippen LogP contribution in [0.15, 0.2) is 12.3 Å². The molecule has 0 aliphatic rings. The van der Waals surface area contributed by atoms with E-state index in [1.165, 1.54) is 5.69 Å². The number of ether oxygens (including phenoxy) is 1. The maximum absolute atomic E-state index is 9.46. The largest absolute Gasteiger partial charge is 0.391 e. The topological polar surface area (TPSA) is 59.3 Å². The number of aliphatic hydroxyl groups is 1. The number of rotatable bonds is 9. The van der Waals surface area contributed by atoms with E-state index in [2.05, 4.69) is 17.3 Å². The molecule has 0 fully saturated rings. The van der Waals surface area contributed by atoms with Crippen molar-refractivity contribution in [3.63, 3.8) is 0 Å². The fourth-order valence-electron chi connectivity index (χ4n) is 1.68. The van der Waals surface area contributed by atoms with E-state index in [0.717, 1.165) is 26.1 Å². The Labute approximate surface area is 103 Å². The Morgan fingerprint density at radius 1 is 1.59 bits per heavy atom. The minimum absolute atomic E-state index is 0.381. The molecule has 0 radical (unpaired) electrons. The van der Waals surface area contributed by atoms with E-state index in [9.17, 15) is 5.11 Å². The summed E-state index contributed by atoms with van der Waals surface area (Å²) in [6, 6.07) is 2.02. The van der Waals surface area contributed by atoms with Gasteiger partial charge in [-0.05, 0) is 25.5 Å². The summed E-state index contributed by atoms with van der Waals surface area (Å²) >= 11 is 0. The van der Waals surface area contributed by atoms with Gasteiger partial charge < -0.3 is 15.2 Å². The van der Waals surface area contributed by atoms with Gasteiger partial charge in [0.2, 0.25) is 0 Å². The molecule has 1 aromatic heterocycles. The molecule has 0 spiro atoms. The molecule has 1 rings (SSSR count). The summed E-state index contributed by atoms with van der Waals surface area (Å²) in [5.74, 6) is 0. The number of nitrogens with zero attached hydrogens (tertiary/aromatic N) is 2. The predicted octanol–water partition coefficient (Wildman–Crippen LogP) is 0.780. The fourth-order valence-corrected chi connectivity index (χ4v) is 1.68. The van der Waals surface area contributed by atoms with Crippen LogP contribution in [0.2, 0.25) is 0 Å². The molecule has 1 atom stereocenters. The van der Waals surface area contributed by atoms with Crippen LogP contribution in [0, 0.1) is 0 Å². The van der Waals surface area contributed by atoms with Crippen molar-refractivity contribution in [1.82, 2.24) is 15.1 Å². The number of hydrogen-bond donors (Lipinski definition) is 2. The van der Waals surface area contributed by atoms with E-state index >= 15 is 0 Å². The van der Waals surface area contributed by atoms with Crippen molar-refractivity contribution >= 4 is 0 Å². The van der Waals surface area contributed by atoms with Crippen LogP contribution in [0.5, 0.6) is 0 Å². The third-order valence-electron chi connectivity index (χ3n) is 2.56. The van der Waals surface area contributed by atoms with Gasteiger partial charge in [-0.25, -0.2) is 0 Å². The second kappa shape index (κ2) is 8.22. The second-order valence-electron chi connectivity index (χ2n) is 4.12. The van der Waals surface area contributed by atoms with Gasteiger partial charge in [0, 0.05) is 26.4 Å². The summed E-state index contributed by atoms with van der Waals surface area (Å²) in [6.45, 7) is 5.06. The standard InChI is InChI=1S/C12H23N3O2/c1-3-8-15-11(4-7-14-15)9-13-6-5-12(16)10-17-2/h4,7,12-13,16H,3,5-6,8-10H2,1-2H3. The lowest BCUT2D eigenvalue weighted by Gasteiger charge is -2.10. The first-order chi connectivity index (χ1) is 8.27. The van der Waals surface area contributed by atoms with Crippen LogP contribution in [-0.2, 0) is 17.8 Å². The zero-order chi connectivity index (χ0) is 12.5. The Bertz CT molecular complexity index is 302. The normalized spacial score (nSPS) is 12.9. The molecule has 2 N–H and O–H groups in total. The number of hydrogen-bond acceptors (Lipinski definition) is 4. The molecule has 0 aliphatic heterocycles. The van der Waals surface area contributed by atoms with Crippen molar-refractivity contribution < 1.29 is 9.84 Å². The number of aryl methyl sites for hydroxylation is 1. The molecule has 1 unspecified atom stereocenters. The third-order valence-corrected chi connectivity index (χ3v) is 2.56. The molecule has 17 heavy (non-hydrogen) atoms. The van der Waals surface area contributed by atoms with Crippen LogP contribution in [0.4, 0.5) is 0 Å². The Hall–Kier alpha value is -0.910. The minimum Gasteiger partial charge on any atom is -0.391 e. The smallest absolute Gasteiger partial charge is 0.0785 e. The summed E-state index contributed by atoms with van der Waals surface area (Å²) in [7, 11) is 1.60. The molecule has 0 amide bonds. The number of methoxy groups -OCH3 is 1. The maximum Gasteiger partial charge on any atom is 0.0785 e. The number of aliphatic hydroxyl groups excluding tert-OH is 1. The molecular formula is C12H23N3O2. The van der Waals surface area contributed by atoms with Crippen LogP contribution in [-0.4, -0.2) is 41.3 Å².